The molecule has 4 heteroatoms. The number of rotatable bonds is 7. The Bertz CT molecular complexity index is 460. The fourth-order valence-electron chi connectivity index (χ4n) is 2.95. The minimum atomic E-state index is -0.380. The second-order valence-corrected chi connectivity index (χ2v) is 7.50. The first-order valence-electron chi connectivity index (χ1n) is 8.46. The number of nitrogens with zero attached hydrogens (tertiary/aromatic N) is 1. The highest BCUT2D eigenvalue weighted by Crippen LogP contribution is 2.33. The summed E-state index contributed by atoms with van der Waals surface area (Å²) in [6, 6.07) is 6.48. The Kier molecular flexibility index (Phi) is 7.22. The third-order valence-corrected chi connectivity index (χ3v) is 5.54. The predicted molar refractivity (Wildman–Crippen MR) is 95.6 cm³/mol. The van der Waals surface area contributed by atoms with Crippen LogP contribution < -0.4 is 5.32 Å². The maximum atomic E-state index is 10.9. The summed E-state index contributed by atoms with van der Waals surface area (Å²) < 4.78 is 0. The standard InChI is InChI=1S/C18H30N2OS/c1-4-11-22-17-6-5-14(2)12-16(17)18(21)15(3)13-20-9-7-19-8-10-20/h5-6,12,15,18-19,21H,4,7-11,13H2,1-3H3. The summed E-state index contributed by atoms with van der Waals surface area (Å²) in [4.78, 5) is 3.70. The molecule has 3 nitrogen and oxygen atoms in total. The van der Waals surface area contributed by atoms with E-state index < -0.39 is 0 Å². The quantitative estimate of drug-likeness (QED) is 0.756. The van der Waals surface area contributed by atoms with Gasteiger partial charge in [0.1, 0.15) is 0 Å². The number of aliphatic hydroxyl groups is 1. The number of aliphatic hydroxyl groups excluding tert-OH is 1. The zero-order valence-electron chi connectivity index (χ0n) is 14.1. The Morgan fingerprint density at radius 3 is 2.73 bits per heavy atom. The topological polar surface area (TPSA) is 35.5 Å². The third-order valence-electron chi connectivity index (χ3n) is 4.24. The van der Waals surface area contributed by atoms with Gasteiger partial charge in [-0.15, -0.1) is 11.8 Å². The van der Waals surface area contributed by atoms with E-state index in [-0.39, 0.29) is 12.0 Å². The van der Waals surface area contributed by atoms with Gasteiger partial charge >= 0.3 is 0 Å². The molecule has 2 unspecified atom stereocenters. The van der Waals surface area contributed by atoms with Crippen molar-refractivity contribution in [3.63, 3.8) is 0 Å². The molecule has 1 aromatic carbocycles. The van der Waals surface area contributed by atoms with Crippen LogP contribution in [0.1, 0.15) is 37.5 Å². The van der Waals surface area contributed by atoms with E-state index in [2.05, 4.69) is 49.2 Å². The van der Waals surface area contributed by atoms with E-state index in [0.717, 1.165) is 50.5 Å². The van der Waals surface area contributed by atoms with Crippen LogP contribution >= 0.6 is 11.8 Å². The molecule has 0 aliphatic carbocycles. The lowest BCUT2D eigenvalue weighted by atomic mass is 9.95. The number of hydrogen-bond acceptors (Lipinski definition) is 4. The fraction of sp³-hybridized carbons (Fsp3) is 0.667. The number of thioether (sulfide) groups is 1. The SMILES string of the molecule is CCCSc1ccc(C)cc1C(O)C(C)CN1CCNCC1. The van der Waals surface area contributed by atoms with Crippen molar-refractivity contribution < 1.29 is 5.11 Å². The van der Waals surface area contributed by atoms with Gasteiger partial charge in [-0.1, -0.05) is 31.5 Å². The molecule has 1 heterocycles. The maximum Gasteiger partial charge on any atom is 0.0838 e. The summed E-state index contributed by atoms with van der Waals surface area (Å²) in [5.74, 6) is 1.36. The lowest BCUT2D eigenvalue weighted by molar-refractivity contribution is 0.0823. The Hall–Kier alpha value is -0.550. The van der Waals surface area contributed by atoms with Crippen molar-refractivity contribution in [2.45, 2.75) is 38.2 Å². The van der Waals surface area contributed by atoms with E-state index in [1.807, 2.05) is 11.8 Å². The van der Waals surface area contributed by atoms with E-state index in [9.17, 15) is 5.11 Å². The van der Waals surface area contributed by atoms with Crippen LogP contribution in [0.3, 0.4) is 0 Å². The van der Waals surface area contributed by atoms with Gasteiger partial charge in [0, 0.05) is 37.6 Å². The molecule has 0 aromatic heterocycles. The number of aryl methyl sites for hydroxylation is 1. The molecule has 1 saturated heterocycles. The zero-order chi connectivity index (χ0) is 15.9. The summed E-state index contributed by atoms with van der Waals surface area (Å²) in [5, 5.41) is 14.2. The summed E-state index contributed by atoms with van der Waals surface area (Å²) in [6.07, 6.45) is 0.777. The van der Waals surface area contributed by atoms with Crippen LogP contribution in [0.4, 0.5) is 0 Å². The summed E-state index contributed by atoms with van der Waals surface area (Å²) >= 11 is 1.86. The number of piperazine rings is 1. The van der Waals surface area contributed by atoms with Crippen molar-refractivity contribution in [1.29, 1.82) is 0 Å². The molecule has 0 amide bonds. The minimum absolute atomic E-state index is 0.251. The first kappa shape index (κ1) is 17.8. The highest BCUT2D eigenvalue weighted by Gasteiger charge is 2.22. The monoisotopic (exact) mass is 322 g/mol. The molecular formula is C18H30N2OS. The number of hydrogen-bond donors (Lipinski definition) is 2. The summed E-state index contributed by atoms with van der Waals surface area (Å²) in [5.41, 5.74) is 2.34. The Balaban J connectivity index is 2.05. The van der Waals surface area contributed by atoms with Crippen LogP contribution in [0.15, 0.2) is 23.1 Å². The summed E-state index contributed by atoms with van der Waals surface area (Å²) in [6.45, 7) is 11.7. The van der Waals surface area contributed by atoms with Crippen molar-refractivity contribution in [1.82, 2.24) is 10.2 Å². The first-order valence-corrected chi connectivity index (χ1v) is 9.45. The van der Waals surface area contributed by atoms with Gasteiger partial charge in [-0.05, 0) is 36.6 Å². The molecule has 0 bridgehead atoms. The molecule has 2 N–H and O–H groups in total. The molecule has 1 fully saturated rings. The highest BCUT2D eigenvalue weighted by atomic mass is 32.2. The molecule has 2 atom stereocenters. The lowest BCUT2D eigenvalue weighted by Gasteiger charge is -2.32. The van der Waals surface area contributed by atoms with Gasteiger partial charge in [0.25, 0.3) is 0 Å². The largest absolute Gasteiger partial charge is 0.388 e. The van der Waals surface area contributed by atoms with Crippen LogP contribution in [-0.2, 0) is 0 Å². The lowest BCUT2D eigenvalue weighted by Crippen LogP contribution is -2.45. The molecular weight excluding hydrogens is 292 g/mol. The zero-order valence-corrected chi connectivity index (χ0v) is 15.0. The Labute approximate surface area is 139 Å². The van der Waals surface area contributed by atoms with Crippen molar-refractivity contribution in [2.24, 2.45) is 5.92 Å². The molecule has 1 aromatic rings. The van der Waals surface area contributed by atoms with Gasteiger partial charge in [0.05, 0.1) is 6.10 Å². The minimum Gasteiger partial charge on any atom is -0.388 e. The average molecular weight is 323 g/mol. The second-order valence-electron chi connectivity index (χ2n) is 6.36. The third kappa shape index (κ3) is 4.98. The van der Waals surface area contributed by atoms with Crippen LogP contribution in [0.2, 0.25) is 0 Å². The predicted octanol–water partition coefficient (Wildman–Crippen LogP) is 3.07. The molecule has 1 aliphatic heterocycles. The summed E-state index contributed by atoms with van der Waals surface area (Å²) in [7, 11) is 0. The van der Waals surface area contributed by atoms with Gasteiger partial charge in [-0.25, -0.2) is 0 Å². The van der Waals surface area contributed by atoms with E-state index >= 15 is 0 Å². The normalized spacial score (nSPS) is 19.1. The average Bonchev–Trinajstić information content (AvgIpc) is 2.54. The van der Waals surface area contributed by atoms with Crippen LogP contribution in [0.25, 0.3) is 0 Å². The molecule has 0 saturated carbocycles. The molecule has 0 spiro atoms. The number of nitrogens with one attached hydrogen (secondary N) is 1. The van der Waals surface area contributed by atoms with E-state index in [0.29, 0.717) is 0 Å². The first-order chi connectivity index (χ1) is 10.6. The van der Waals surface area contributed by atoms with Gasteiger partial charge in [0.2, 0.25) is 0 Å². The molecule has 124 valence electrons. The van der Waals surface area contributed by atoms with Gasteiger partial charge in [0.15, 0.2) is 0 Å². The van der Waals surface area contributed by atoms with Gasteiger partial charge in [-0.3, -0.25) is 0 Å². The van der Waals surface area contributed by atoms with Crippen molar-refractivity contribution >= 4 is 11.8 Å². The van der Waals surface area contributed by atoms with E-state index in [1.54, 1.807) is 0 Å². The highest BCUT2D eigenvalue weighted by molar-refractivity contribution is 7.99. The molecule has 2 rings (SSSR count). The Morgan fingerprint density at radius 1 is 1.32 bits per heavy atom. The second kappa shape index (κ2) is 8.92. The fourth-order valence-corrected chi connectivity index (χ4v) is 3.88. The Morgan fingerprint density at radius 2 is 2.05 bits per heavy atom. The van der Waals surface area contributed by atoms with Crippen LogP contribution in [0.5, 0.6) is 0 Å². The van der Waals surface area contributed by atoms with Crippen molar-refractivity contribution in [3.05, 3.63) is 29.3 Å². The van der Waals surface area contributed by atoms with Crippen molar-refractivity contribution in [3.8, 4) is 0 Å². The van der Waals surface area contributed by atoms with Gasteiger partial charge < -0.3 is 15.3 Å². The maximum absolute atomic E-state index is 10.9. The van der Waals surface area contributed by atoms with Gasteiger partial charge in [-0.2, -0.15) is 0 Å². The van der Waals surface area contributed by atoms with E-state index in [1.165, 1.54) is 10.5 Å². The van der Waals surface area contributed by atoms with Crippen molar-refractivity contribution in [2.75, 3.05) is 38.5 Å². The smallest absolute Gasteiger partial charge is 0.0838 e. The molecule has 22 heavy (non-hydrogen) atoms. The number of benzene rings is 1. The van der Waals surface area contributed by atoms with Crippen LogP contribution in [-0.4, -0.2) is 48.5 Å². The van der Waals surface area contributed by atoms with E-state index in [4.69, 9.17) is 0 Å². The molecule has 0 radical (unpaired) electrons. The van der Waals surface area contributed by atoms with Crippen LogP contribution in [0, 0.1) is 12.8 Å². The molecule has 1 aliphatic rings.